The first-order valence-electron chi connectivity index (χ1n) is 6.66. The molecule has 1 aliphatic carbocycles. The molecule has 3 atom stereocenters. The van der Waals surface area contributed by atoms with Crippen molar-refractivity contribution in [3.8, 4) is 0 Å². The Morgan fingerprint density at radius 3 is 2.62 bits per heavy atom. The molecule has 16 heavy (non-hydrogen) atoms. The third-order valence-electron chi connectivity index (χ3n) is 3.61. The zero-order valence-electron chi connectivity index (χ0n) is 10.4. The molecule has 1 saturated carbocycles. The molecule has 0 amide bonds. The van der Waals surface area contributed by atoms with Gasteiger partial charge in [-0.15, -0.1) is 0 Å². The number of nitrogens with one attached hydrogen (secondary N) is 1. The second-order valence-electron chi connectivity index (χ2n) is 4.93. The standard InChI is InChI=1S/C15H23N/c1-3-8-13-11-15(13)16-14(4-2)12-9-6-5-7-10-12/h5-7,9-10,13-16H,3-4,8,11H2,1-2H3. The van der Waals surface area contributed by atoms with Crippen LogP contribution in [0.25, 0.3) is 0 Å². The van der Waals surface area contributed by atoms with Gasteiger partial charge in [-0.1, -0.05) is 50.6 Å². The molecule has 1 aromatic rings. The fourth-order valence-electron chi connectivity index (χ4n) is 2.54. The third kappa shape index (κ3) is 2.85. The maximum absolute atomic E-state index is 3.79. The van der Waals surface area contributed by atoms with Gasteiger partial charge in [-0.25, -0.2) is 0 Å². The lowest BCUT2D eigenvalue weighted by Crippen LogP contribution is -2.24. The topological polar surface area (TPSA) is 12.0 Å². The molecule has 0 spiro atoms. The largest absolute Gasteiger partial charge is 0.307 e. The van der Waals surface area contributed by atoms with Crippen LogP contribution in [0.5, 0.6) is 0 Å². The SMILES string of the molecule is CCCC1CC1NC(CC)c1ccccc1. The molecule has 88 valence electrons. The summed E-state index contributed by atoms with van der Waals surface area (Å²) >= 11 is 0. The second kappa shape index (κ2) is 5.49. The zero-order valence-corrected chi connectivity index (χ0v) is 10.4. The van der Waals surface area contributed by atoms with Crippen molar-refractivity contribution in [2.45, 2.75) is 51.6 Å². The van der Waals surface area contributed by atoms with E-state index in [1.54, 1.807) is 0 Å². The molecule has 1 heteroatoms. The van der Waals surface area contributed by atoms with Gasteiger partial charge in [-0.05, 0) is 30.7 Å². The highest BCUT2D eigenvalue weighted by molar-refractivity contribution is 5.19. The number of rotatable bonds is 6. The lowest BCUT2D eigenvalue weighted by molar-refractivity contribution is 0.489. The van der Waals surface area contributed by atoms with Gasteiger partial charge in [0.15, 0.2) is 0 Å². The summed E-state index contributed by atoms with van der Waals surface area (Å²) in [6.45, 7) is 4.55. The van der Waals surface area contributed by atoms with Gasteiger partial charge in [-0.3, -0.25) is 0 Å². The fraction of sp³-hybridized carbons (Fsp3) is 0.600. The summed E-state index contributed by atoms with van der Waals surface area (Å²) in [4.78, 5) is 0. The van der Waals surface area contributed by atoms with Gasteiger partial charge in [-0.2, -0.15) is 0 Å². The number of hydrogen-bond donors (Lipinski definition) is 1. The lowest BCUT2D eigenvalue weighted by atomic mass is 10.0. The summed E-state index contributed by atoms with van der Waals surface area (Å²) in [5.74, 6) is 0.947. The molecule has 0 aromatic heterocycles. The second-order valence-corrected chi connectivity index (χ2v) is 4.93. The first-order valence-corrected chi connectivity index (χ1v) is 6.66. The molecule has 0 radical (unpaired) electrons. The minimum Gasteiger partial charge on any atom is -0.307 e. The van der Waals surface area contributed by atoms with Crippen LogP contribution in [0, 0.1) is 5.92 Å². The smallest absolute Gasteiger partial charge is 0.0320 e. The lowest BCUT2D eigenvalue weighted by Gasteiger charge is -2.17. The quantitative estimate of drug-likeness (QED) is 0.761. The first kappa shape index (κ1) is 11.7. The van der Waals surface area contributed by atoms with E-state index in [1.807, 2.05) is 0 Å². The number of hydrogen-bond acceptors (Lipinski definition) is 1. The van der Waals surface area contributed by atoms with Crippen molar-refractivity contribution < 1.29 is 0 Å². The Labute approximate surface area is 99.3 Å². The molecule has 1 aliphatic rings. The Balaban J connectivity index is 1.88. The van der Waals surface area contributed by atoms with E-state index in [0.717, 1.165) is 12.0 Å². The molecule has 1 nitrogen and oxygen atoms in total. The number of benzene rings is 1. The van der Waals surface area contributed by atoms with Gasteiger partial charge in [0.2, 0.25) is 0 Å². The van der Waals surface area contributed by atoms with E-state index in [9.17, 15) is 0 Å². The van der Waals surface area contributed by atoms with Crippen LogP contribution in [0.2, 0.25) is 0 Å². The van der Waals surface area contributed by atoms with E-state index in [0.29, 0.717) is 6.04 Å². The van der Waals surface area contributed by atoms with Crippen LogP contribution in [0.4, 0.5) is 0 Å². The molecule has 0 saturated heterocycles. The molecule has 0 heterocycles. The van der Waals surface area contributed by atoms with Crippen LogP contribution in [-0.2, 0) is 0 Å². The zero-order chi connectivity index (χ0) is 11.4. The van der Waals surface area contributed by atoms with Crippen molar-refractivity contribution in [3.63, 3.8) is 0 Å². The van der Waals surface area contributed by atoms with Gasteiger partial charge >= 0.3 is 0 Å². The van der Waals surface area contributed by atoms with E-state index in [-0.39, 0.29) is 0 Å². The summed E-state index contributed by atoms with van der Waals surface area (Å²) in [7, 11) is 0. The summed E-state index contributed by atoms with van der Waals surface area (Å²) in [5.41, 5.74) is 1.44. The molecule has 1 aromatic carbocycles. The minimum atomic E-state index is 0.549. The van der Waals surface area contributed by atoms with Crippen molar-refractivity contribution in [2.75, 3.05) is 0 Å². The Bertz CT molecular complexity index is 306. The van der Waals surface area contributed by atoms with Crippen molar-refractivity contribution in [3.05, 3.63) is 35.9 Å². The van der Waals surface area contributed by atoms with Crippen LogP contribution in [0.3, 0.4) is 0 Å². The highest BCUT2D eigenvalue weighted by Gasteiger charge is 2.36. The molecule has 3 unspecified atom stereocenters. The Morgan fingerprint density at radius 1 is 1.25 bits per heavy atom. The van der Waals surface area contributed by atoms with E-state index in [1.165, 1.54) is 31.2 Å². The average molecular weight is 217 g/mol. The summed E-state index contributed by atoms with van der Waals surface area (Å²) in [6, 6.07) is 12.2. The average Bonchev–Trinajstić information content (AvgIpc) is 3.06. The van der Waals surface area contributed by atoms with Crippen LogP contribution in [0.1, 0.15) is 51.1 Å². The van der Waals surface area contributed by atoms with Gasteiger partial charge < -0.3 is 5.32 Å². The first-order chi connectivity index (χ1) is 7.85. The van der Waals surface area contributed by atoms with Gasteiger partial charge in [0, 0.05) is 12.1 Å². The van der Waals surface area contributed by atoms with Crippen molar-refractivity contribution >= 4 is 0 Å². The normalized spacial score (nSPS) is 25.4. The van der Waals surface area contributed by atoms with E-state index in [2.05, 4.69) is 49.5 Å². The molecular formula is C15H23N. The van der Waals surface area contributed by atoms with Crippen molar-refractivity contribution in [2.24, 2.45) is 5.92 Å². The highest BCUT2D eigenvalue weighted by atomic mass is 15.0. The predicted octanol–water partition coefficient (Wildman–Crippen LogP) is 3.92. The highest BCUT2D eigenvalue weighted by Crippen LogP contribution is 2.36. The summed E-state index contributed by atoms with van der Waals surface area (Å²) < 4.78 is 0. The molecule has 0 aliphatic heterocycles. The van der Waals surface area contributed by atoms with Gasteiger partial charge in [0.25, 0.3) is 0 Å². The Kier molecular flexibility index (Phi) is 4.00. The van der Waals surface area contributed by atoms with E-state index < -0.39 is 0 Å². The maximum Gasteiger partial charge on any atom is 0.0320 e. The third-order valence-corrected chi connectivity index (χ3v) is 3.61. The van der Waals surface area contributed by atoms with Crippen LogP contribution in [0.15, 0.2) is 30.3 Å². The molecular weight excluding hydrogens is 194 g/mol. The fourth-order valence-corrected chi connectivity index (χ4v) is 2.54. The maximum atomic E-state index is 3.79. The molecule has 2 rings (SSSR count). The van der Waals surface area contributed by atoms with Crippen LogP contribution >= 0.6 is 0 Å². The van der Waals surface area contributed by atoms with Crippen LogP contribution < -0.4 is 5.32 Å². The minimum absolute atomic E-state index is 0.549. The molecule has 1 N–H and O–H groups in total. The predicted molar refractivity (Wildman–Crippen MR) is 69.4 cm³/mol. The monoisotopic (exact) mass is 217 g/mol. The van der Waals surface area contributed by atoms with Gasteiger partial charge in [0.1, 0.15) is 0 Å². The summed E-state index contributed by atoms with van der Waals surface area (Å²) in [6.07, 6.45) is 5.28. The molecule has 1 fully saturated rings. The van der Waals surface area contributed by atoms with Crippen molar-refractivity contribution in [1.29, 1.82) is 0 Å². The van der Waals surface area contributed by atoms with Crippen LogP contribution in [-0.4, -0.2) is 6.04 Å². The Morgan fingerprint density at radius 2 is 2.00 bits per heavy atom. The molecule has 0 bridgehead atoms. The van der Waals surface area contributed by atoms with E-state index >= 15 is 0 Å². The van der Waals surface area contributed by atoms with E-state index in [4.69, 9.17) is 0 Å². The Hall–Kier alpha value is -0.820. The van der Waals surface area contributed by atoms with Crippen molar-refractivity contribution in [1.82, 2.24) is 5.32 Å². The summed E-state index contributed by atoms with van der Waals surface area (Å²) in [5, 5.41) is 3.79. The van der Waals surface area contributed by atoms with Gasteiger partial charge in [0.05, 0.1) is 0 Å².